The molecule has 8 nitrogen and oxygen atoms in total. The Bertz CT molecular complexity index is 799. The number of carbonyl (C=O) groups excluding carboxylic acids is 1. The number of amides is 1. The van der Waals surface area contributed by atoms with Crippen LogP contribution < -0.4 is 16.2 Å². The molecule has 0 fully saturated rings. The van der Waals surface area contributed by atoms with E-state index in [1.807, 2.05) is 4.98 Å². The molecule has 1 atom stereocenters. The van der Waals surface area contributed by atoms with Crippen molar-refractivity contribution in [3.05, 3.63) is 46.3 Å². The molecule has 0 saturated carbocycles. The van der Waals surface area contributed by atoms with Crippen molar-refractivity contribution < 1.29 is 23.1 Å². The Morgan fingerprint density at radius 2 is 2.12 bits per heavy atom. The Kier molecular flexibility index (Phi) is 5.47. The molecule has 4 N–H and O–H groups in total. The van der Waals surface area contributed by atoms with E-state index in [2.05, 4.69) is 15.6 Å². The number of aromatic amines is 1. The molecule has 0 saturated heterocycles. The van der Waals surface area contributed by atoms with Crippen LogP contribution in [-0.4, -0.2) is 44.7 Å². The molecule has 25 heavy (non-hydrogen) atoms. The molecule has 0 spiro atoms. The zero-order valence-electron chi connectivity index (χ0n) is 13.1. The van der Waals surface area contributed by atoms with Gasteiger partial charge in [0.15, 0.2) is 0 Å². The van der Waals surface area contributed by atoms with Gasteiger partial charge in [-0.2, -0.15) is 13.2 Å². The number of H-pyrrole nitrogens is 1. The maximum Gasteiger partial charge on any atom is 0.431 e. The van der Waals surface area contributed by atoms with Crippen LogP contribution in [0.25, 0.3) is 0 Å². The lowest BCUT2D eigenvalue weighted by Crippen LogP contribution is -2.36. The molecule has 2 aromatic heterocycles. The van der Waals surface area contributed by atoms with Crippen molar-refractivity contribution in [1.29, 1.82) is 0 Å². The number of rotatable bonds is 6. The number of anilines is 1. The van der Waals surface area contributed by atoms with E-state index >= 15 is 0 Å². The average molecular weight is 359 g/mol. The van der Waals surface area contributed by atoms with Gasteiger partial charge in [-0.1, -0.05) is 0 Å². The van der Waals surface area contributed by atoms with Gasteiger partial charge in [0.05, 0.1) is 12.4 Å². The standard InChI is InChI=1S/C14H16F3N5O3/c1-22-7-20-11(4-12(22)24)18-5-8(23)6-19-13(25)9-2-3-10(21-9)14(15,16)17/h2-4,7-8,18,21,23H,5-6H2,1H3,(H,19,25). The average Bonchev–Trinajstić information content (AvgIpc) is 3.04. The summed E-state index contributed by atoms with van der Waals surface area (Å²) in [5, 5.41) is 14.8. The van der Waals surface area contributed by atoms with E-state index in [1.54, 1.807) is 0 Å². The SMILES string of the molecule is Cn1cnc(NCC(O)CNC(=O)c2ccc(C(F)(F)F)[nH]2)cc1=O. The molecule has 0 aliphatic carbocycles. The van der Waals surface area contributed by atoms with E-state index in [0.29, 0.717) is 0 Å². The summed E-state index contributed by atoms with van der Waals surface area (Å²) in [6, 6.07) is 3.00. The zero-order chi connectivity index (χ0) is 18.6. The Morgan fingerprint density at radius 3 is 2.72 bits per heavy atom. The van der Waals surface area contributed by atoms with Gasteiger partial charge in [-0.3, -0.25) is 9.59 Å². The molecule has 2 aromatic rings. The Balaban J connectivity index is 1.82. The second-order valence-corrected chi connectivity index (χ2v) is 5.25. The molecule has 0 aliphatic heterocycles. The number of alkyl halides is 3. The zero-order valence-corrected chi connectivity index (χ0v) is 13.1. The van der Waals surface area contributed by atoms with Crippen molar-refractivity contribution in [1.82, 2.24) is 19.9 Å². The molecule has 2 rings (SSSR count). The fraction of sp³-hybridized carbons (Fsp3) is 0.357. The van der Waals surface area contributed by atoms with Crippen LogP contribution in [0.1, 0.15) is 16.2 Å². The molecule has 1 unspecified atom stereocenters. The number of nitrogens with one attached hydrogen (secondary N) is 3. The summed E-state index contributed by atoms with van der Waals surface area (Å²) in [7, 11) is 1.54. The van der Waals surface area contributed by atoms with Gasteiger partial charge < -0.3 is 25.3 Å². The van der Waals surface area contributed by atoms with Crippen LogP contribution in [0.15, 0.2) is 29.3 Å². The van der Waals surface area contributed by atoms with E-state index in [0.717, 1.165) is 12.1 Å². The molecule has 2 heterocycles. The van der Waals surface area contributed by atoms with Crippen LogP contribution in [0.5, 0.6) is 0 Å². The number of carbonyl (C=O) groups is 1. The highest BCUT2D eigenvalue weighted by Crippen LogP contribution is 2.28. The van der Waals surface area contributed by atoms with E-state index in [4.69, 9.17) is 0 Å². The third kappa shape index (κ3) is 5.08. The molecule has 0 bridgehead atoms. The predicted octanol–water partition coefficient (Wildman–Crippen LogP) is 0.330. The third-order valence-electron chi connectivity index (χ3n) is 3.23. The van der Waals surface area contributed by atoms with Crippen LogP contribution >= 0.6 is 0 Å². The number of aryl methyl sites for hydroxylation is 1. The van der Waals surface area contributed by atoms with Gasteiger partial charge in [-0.25, -0.2) is 4.98 Å². The van der Waals surface area contributed by atoms with Gasteiger partial charge >= 0.3 is 6.18 Å². The first kappa shape index (κ1) is 18.5. The highest BCUT2D eigenvalue weighted by atomic mass is 19.4. The van der Waals surface area contributed by atoms with Gasteiger partial charge in [-0.15, -0.1) is 0 Å². The number of aliphatic hydroxyl groups excluding tert-OH is 1. The summed E-state index contributed by atoms with van der Waals surface area (Å²) in [6.45, 7) is -0.212. The molecule has 0 aromatic carbocycles. The Morgan fingerprint density at radius 1 is 1.40 bits per heavy atom. The van der Waals surface area contributed by atoms with Crippen molar-refractivity contribution in [2.24, 2.45) is 7.05 Å². The number of hydrogen-bond acceptors (Lipinski definition) is 5. The maximum absolute atomic E-state index is 12.5. The molecule has 11 heteroatoms. The van der Waals surface area contributed by atoms with Crippen molar-refractivity contribution in [3.63, 3.8) is 0 Å². The lowest BCUT2D eigenvalue weighted by Gasteiger charge is -2.13. The first-order chi connectivity index (χ1) is 11.7. The summed E-state index contributed by atoms with van der Waals surface area (Å²) < 4.78 is 38.6. The molecule has 0 aliphatic rings. The van der Waals surface area contributed by atoms with Gasteiger partial charge in [-0.05, 0) is 12.1 Å². The first-order valence-electron chi connectivity index (χ1n) is 7.16. The summed E-state index contributed by atoms with van der Waals surface area (Å²) in [6.07, 6.45) is -4.30. The van der Waals surface area contributed by atoms with E-state index in [1.165, 1.54) is 24.0 Å². The quantitative estimate of drug-likeness (QED) is 0.594. The normalized spacial score (nSPS) is 12.7. The van der Waals surface area contributed by atoms with Crippen molar-refractivity contribution in [2.45, 2.75) is 12.3 Å². The van der Waals surface area contributed by atoms with Crippen LogP contribution in [-0.2, 0) is 13.2 Å². The molecular formula is C14H16F3N5O3. The largest absolute Gasteiger partial charge is 0.431 e. The van der Waals surface area contributed by atoms with E-state index < -0.39 is 23.9 Å². The predicted molar refractivity (Wildman–Crippen MR) is 82.1 cm³/mol. The Hall–Kier alpha value is -2.82. The minimum atomic E-state index is -4.57. The van der Waals surface area contributed by atoms with Crippen LogP contribution in [0.4, 0.5) is 19.0 Å². The molecular weight excluding hydrogens is 343 g/mol. The number of nitrogens with zero attached hydrogens (tertiary/aromatic N) is 2. The van der Waals surface area contributed by atoms with Gasteiger partial charge in [0.25, 0.3) is 11.5 Å². The molecule has 0 radical (unpaired) electrons. The summed E-state index contributed by atoms with van der Waals surface area (Å²) in [5.41, 5.74) is -1.58. The monoisotopic (exact) mass is 359 g/mol. The van der Waals surface area contributed by atoms with Gasteiger partial charge in [0, 0.05) is 26.2 Å². The third-order valence-corrected chi connectivity index (χ3v) is 3.23. The van der Waals surface area contributed by atoms with Crippen LogP contribution in [0, 0.1) is 0 Å². The topological polar surface area (TPSA) is 112 Å². The lowest BCUT2D eigenvalue weighted by atomic mass is 10.3. The number of aromatic nitrogens is 3. The van der Waals surface area contributed by atoms with E-state index in [-0.39, 0.29) is 30.2 Å². The highest BCUT2D eigenvalue weighted by Gasteiger charge is 2.32. The van der Waals surface area contributed by atoms with Crippen molar-refractivity contribution >= 4 is 11.7 Å². The van der Waals surface area contributed by atoms with Gasteiger partial charge in [0.1, 0.15) is 17.2 Å². The molecule has 1 amide bonds. The smallest absolute Gasteiger partial charge is 0.389 e. The maximum atomic E-state index is 12.5. The first-order valence-corrected chi connectivity index (χ1v) is 7.16. The highest BCUT2D eigenvalue weighted by molar-refractivity contribution is 5.92. The fourth-order valence-electron chi connectivity index (χ4n) is 1.85. The summed E-state index contributed by atoms with van der Waals surface area (Å²) in [5.74, 6) is -0.520. The van der Waals surface area contributed by atoms with Crippen molar-refractivity contribution in [3.8, 4) is 0 Å². The second kappa shape index (κ2) is 7.38. The molecule has 136 valence electrons. The number of aliphatic hydroxyl groups is 1. The van der Waals surface area contributed by atoms with Crippen LogP contribution in [0.3, 0.4) is 0 Å². The summed E-state index contributed by atoms with van der Waals surface area (Å²) in [4.78, 5) is 29.0. The number of hydrogen-bond donors (Lipinski definition) is 4. The lowest BCUT2D eigenvalue weighted by molar-refractivity contribution is -0.140. The fourth-order valence-corrected chi connectivity index (χ4v) is 1.85. The van der Waals surface area contributed by atoms with Crippen molar-refractivity contribution in [2.75, 3.05) is 18.4 Å². The number of halogens is 3. The summed E-state index contributed by atoms with van der Waals surface area (Å²) >= 11 is 0. The Labute approximate surface area is 139 Å². The van der Waals surface area contributed by atoms with Crippen LogP contribution in [0.2, 0.25) is 0 Å². The van der Waals surface area contributed by atoms with Gasteiger partial charge in [0.2, 0.25) is 0 Å². The van der Waals surface area contributed by atoms with E-state index in [9.17, 15) is 27.9 Å². The minimum Gasteiger partial charge on any atom is -0.389 e. The minimum absolute atomic E-state index is 0.0149. The second-order valence-electron chi connectivity index (χ2n) is 5.25.